The van der Waals surface area contributed by atoms with E-state index in [2.05, 4.69) is 18.1 Å². The fourth-order valence-corrected chi connectivity index (χ4v) is 2.05. The third-order valence-electron chi connectivity index (χ3n) is 1.53. The van der Waals surface area contributed by atoms with E-state index in [9.17, 15) is 0 Å². The van der Waals surface area contributed by atoms with Crippen LogP contribution in [0.3, 0.4) is 0 Å². The molecule has 2 N–H and O–H groups in total. The van der Waals surface area contributed by atoms with Crippen LogP contribution in [0.1, 0.15) is 0 Å². The molecular formula is C6H4ClN4Tl. The number of halogens is 1. The monoisotopic (exact) mass is 372 g/mol. The molecule has 2 aromatic rings. The van der Waals surface area contributed by atoms with Gasteiger partial charge in [0, 0.05) is 0 Å². The minimum atomic E-state index is 0.271. The Kier molecular flexibility index (Phi) is 2.18. The molecule has 0 saturated carbocycles. The molecule has 0 saturated heterocycles. The van der Waals surface area contributed by atoms with Crippen LogP contribution >= 0.6 is 11.6 Å². The Morgan fingerprint density at radius 3 is 3.08 bits per heavy atom. The Hall–Kier alpha value is -0.368. The van der Waals surface area contributed by atoms with Gasteiger partial charge in [-0.25, -0.2) is 0 Å². The second kappa shape index (κ2) is 3.17. The van der Waals surface area contributed by atoms with Gasteiger partial charge in [-0.15, -0.1) is 0 Å². The first kappa shape index (κ1) is 8.24. The van der Waals surface area contributed by atoms with Gasteiger partial charge < -0.3 is 0 Å². The van der Waals surface area contributed by atoms with Crippen molar-refractivity contribution < 1.29 is 0 Å². The summed E-state index contributed by atoms with van der Waals surface area (Å²) < 4.78 is 3.11. The Labute approximate surface area is 89.8 Å². The van der Waals surface area contributed by atoms with Gasteiger partial charge in [0.05, 0.1) is 0 Å². The van der Waals surface area contributed by atoms with E-state index in [1.54, 1.807) is 0 Å². The zero-order valence-corrected chi connectivity index (χ0v) is 11.2. The van der Waals surface area contributed by atoms with Crippen molar-refractivity contribution in [1.82, 2.24) is 15.0 Å². The van der Waals surface area contributed by atoms with E-state index >= 15 is 0 Å². The van der Waals surface area contributed by atoms with Crippen LogP contribution in [0.4, 0.5) is 5.82 Å². The van der Waals surface area contributed by atoms with Gasteiger partial charge in [0.1, 0.15) is 0 Å². The molecule has 0 fully saturated rings. The molecule has 0 aliphatic heterocycles. The Morgan fingerprint density at radius 2 is 2.33 bits per heavy atom. The molecule has 0 aliphatic carbocycles. The summed E-state index contributed by atoms with van der Waals surface area (Å²) in [5, 5.41) is 1.26. The van der Waals surface area contributed by atoms with Gasteiger partial charge in [-0.2, -0.15) is 0 Å². The van der Waals surface area contributed by atoms with Gasteiger partial charge >= 0.3 is 90.1 Å². The van der Waals surface area contributed by atoms with E-state index in [1.807, 2.05) is 12.3 Å². The van der Waals surface area contributed by atoms with E-state index in [0.717, 1.165) is 16.9 Å². The van der Waals surface area contributed by atoms with Crippen LogP contribution < -0.4 is 3.13 Å². The van der Waals surface area contributed by atoms with Crippen molar-refractivity contribution in [1.29, 1.82) is 0 Å². The van der Waals surface area contributed by atoms with Crippen molar-refractivity contribution in [3.8, 4) is 0 Å². The van der Waals surface area contributed by atoms with Crippen molar-refractivity contribution >= 4 is 54.5 Å². The fourth-order valence-electron chi connectivity index (χ4n) is 1.02. The van der Waals surface area contributed by atoms with Gasteiger partial charge in [-0.05, 0) is 0 Å². The Balaban J connectivity index is 2.80. The van der Waals surface area contributed by atoms with Gasteiger partial charge in [-0.1, -0.05) is 0 Å². The molecule has 0 radical (unpaired) electrons. The Morgan fingerprint density at radius 1 is 1.50 bits per heavy atom. The normalized spacial score (nSPS) is 10.3. The first-order valence-corrected chi connectivity index (χ1v) is 5.91. The molecule has 2 aromatic heterocycles. The topological polar surface area (TPSA) is 53.6 Å². The Bertz CT molecular complexity index is 413. The molecule has 0 spiro atoms. The average molecular weight is 372 g/mol. The van der Waals surface area contributed by atoms with Crippen LogP contribution in [0.25, 0.3) is 11.0 Å². The van der Waals surface area contributed by atoms with Crippen molar-refractivity contribution in [3.05, 3.63) is 17.5 Å². The molecule has 58 valence electrons. The van der Waals surface area contributed by atoms with Crippen molar-refractivity contribution in [2.24, 2.45) is 0 Å². The number of fused-ring (bicyclic) bond motifs is 1. The molecule has 0 aliphatic rings. The van der Waals surface area contributed by atoms with Crippen molar-refractivity contribution in [2.75, 3.05) is 3.13 Å². The predicted molar refractivity (Wildman–Crippen MR) is 48.3 cm³/mol. The molecule has 0 aromatic carbocycles. The van der Waals surface area contributed by atoms with Gasteiger partial charge in [0.15, 0.2) is 0 Å². The minimum absolute atomic E-state index is 0.271. The number of nitrogens with zero attached hydrogens (tertiary/aromatic N) is 2. The number of nitrogens with one attached hydrogen (secondary N) is 2. The summed E-state index contributed by atoms with van der Waals surface area (Å²) in [5.74, 6) is 0.816. The molecule has 2 rings (SSSR count). The second-order valence-electron chi connectivity index (χ2n) is 2.23. The van der Waals surface area contributed by atoms with Gasteiger partial charge in [0.2, 0.25) is 0 Å². The first-order chi connectivity index (χ1) is 5.81. The maximum atomic E-state index is 5.70. The van der Waals surface area contributed by atoms with Crippen LogP contribution in [0.15, 0.2) is 12.3 Å². The van der Waals surface area contributed by atoms with Crippen LogP contribution in [-0.4, -0.2) is 41.0 Å². The van der Waals surface area contributed by atoms with Crippen LogP contribution in [-0.2, 0) is 0 Å². The van der Waals surface area contributed by atoms with Crippen LogP contribution in [0.2, 0.25) is 5.28 Å². The van der Waals surface area contributed by atoms with Crippen molar-refractivity contribution in [2.45, 2.75) is 0 Å². The number of rotatable bonds is 1. The molecule has 12 heavy (non-hydrogen) atoms. The van der Waals surface area contributed by atoms with Crippen LogP contribution in [0, 0.1) is 0 Å². The van der Waals surface area contributed by atoms with E-state index in [4.69, 9.17) is 11.6 Å². The summed E-state index contributed by atoms with van der Waals surface area (Å²) in [7, 11) is 0. The summed E-state index contributed by atoms with van der Waals surface area (Å²) in [4.78, 5) is 11.1. The zero-order chi connectivity index (χ0) is 8.55. The van der Waals surface area contributed by atoms with E-state index in [1.165, 1.54) is 0 Å². The number of H-pyrrole nitrogens is 1. The zero-order valence-electron chi connectivity index (χ0n) is 6.00. The summed E-state index contributed by atoms with van der Waals surface area (Å²) in [6, 6.07) is 1.93. The summed E-state index contributed by atoms with van der Waals surface area (Å²) >= 11 is 6.35. The van der Waals surface area contributed by atoms with Gasteiger partial charge in [0.25, 0.3) is 0 Å². The second-order valence-corrected chi connectivity index (χ2v) is 3.69. The molecular weight excluding hydrogens is 368 g/mol. The first-order valence-electron chi connectivity index (χ1n) is 3.28. The fraction of sp³-hybridized carbons (Fsp3) is 0. The third-order valence-corrected chi connectivity index (χ3v) is 2.76. The third kappa shape index (κ3) is 1.29. The molecule has 0 bridgehead atoms. The number of aromatic amines is 1. The summed E-state index contributed by atoms with van der Waals surface area (Å²) in [6.07, 6.45) is 1.82. The number of anilines is 1. The molecule has 0 atom stereocenters. The van der Waals surface area contributed by atoms with E-state index < -0.39 is 0 Å². The van der Waals surface area contributed by atoms with Crippen LogP contribution in [0.5, 0.6) is 0 Å². The molecule has 4 nitrogen and oxygen atoms in total. The summed E-state index contributed by atoms with van der Waals surface area (Å²) in [5.41, 5.74) is 0.776. The number of hydrogen-bond donors (Lipinski definition) is 2. The molecule has 0 amide bonds. The van der Waals surface area contributed by atoms with E-state index in [-0.39, 0.29) is 5.28 Å². The van der Waals surface area contributed by atoms with E-state index in [0.29, 0.717) is 26.1 Å². The maximum absolute atomic E-state index is 5.70. The molecule has 2 heterocycles. The predicted octanol–water partition coefficient (Wildman–Crippen LogP) is 1.11. The summed E-state index contributed by atoms with van der Waals surface area (Å²) in [6.45, 7) is 0. The number of hydrogen-bond acceptors (Lipinski definition) is 3. The van der Waals surface area contributed by atoms with Gasteiger partial charge in [-0.3, -0.25) is 0 Å². The quantitative estimate of drug-likeness (QED) is 0.583. The molecule has 0 unspecified atom stereocenters. The SMILES string of the molecule is Clc1nc([NH][Tl])c2cc[nH]c2n1. The standard InChI is InChI=1S/C6H4ClN4.Tl/c7-6-10-4(8)3-1-2-9-5(3)11-6;/h1-2H,(H2-,8,9,10,11);/q-1;+1. The van der Waals surface area contributed by atoms with Crippen molar-refractivity contribution in [3.63, 3.8) is 0 Å². The molecule has 6 heteroatoms. The average Bonchev–Trinajstić information content (AvgIpc) is 2.50. The number of aromatic nitrogens is 3.